The van der Waals surface area contributed by atoms with E-state index in [0.717, 1.165) is 0 Å². The van der Waals surface area contributed by atoms with Crippen LogP contribution in [0.1, 0.15) is 92.4 Å². The molecule has 4 aliphatic carbocycles. The van der Waals surface area contributed by atoms with Crippen molar-refractivity contribution in [2.75, 3.05) is 0 Å². The number of hydrogen-bond donors (Lipinski definition) is 7. The molecule has 4 aliphatic rings. The molecule has 216 valence electrons. The Morgan fingerprint density at radius 1 is 1.11 bits per heavy atom. The van der Waals surface area contributed by atoms with Gasteiger partial charge in [0, 0.05) is 11.3 Å². The first kappa shape index (κ1) is 29.6. The minimum absolute atomic E-state index is 0.0418. The van der Waals surface area contributed by atoms with E-state index >= 15 is 0 Å². The van der Waals surface area contributed by atoms with Gasteiger partial charge in [0.25, 0.3) is 0 Å². The van der Waals surface area contributed by atoms with Crippen LogP contribution >= 0.6 is 0 Å². The Labute approximate surface area is 224 Å². The van der Waals surface area contributed by atoms with Crippen LogP contribution in [0.25, 0.3) is 0 Å². The first-order valence-electron chi connectivity index (χ1n) is 13.9. The number of allylic oxidation sites excluding steroid dienone is 1. The highest BCUT2D eigenvalue weighted by atomic mass is 16.4. The summed E-state index contributed by atoms with van der Waals surface area (Å²) in [6, 6.07) is 0. The molecule has 0 aromatic rings. The average Bonchev–Trinajstić information content (AvgIpc) is 3.05. The molecule has 0 spiro atoms. The number of fused-ring (bicyclic) bond motifs is 5. The molecule has 0 bridgehead atoms. The molecule has 10 atom stereocenters. The Bertz CT molecular complexity index is 1010. The zero-order valence-corrected chi connectivity index (χ0v) is 23.3. The summed E-state index contributed by atoms with van der Waals surface area (Å²) in [5, 5.41) is 76.3. The molecule has 0 unspecified atom stereocenters. The number of ketones is 1. The number of aliphatic hydroxyl groups excluding tert-OH is 2. The van der Waals surface area contributed by atoms with Gasteiger partial charge in [-0.2, -0.15) is 0 Å². The summed E-state index contributed by atoms with van der Waals surface area (Å²) in [6.45, 7) is 8.65. The molecular formula is C29H46O9. The molecular weight excluding hydrogens is 492 g/mol. The number of rotatable bonds is 7. The molecule has 3 saturated carbocycles. The molecule has 0 saturated heterocycles. The third-order valence-electron chi connectivity index (χ3n) is 11.2. The predicted octanol–water partition coefficient (Wildman–Crippen LogP) is 1.70. The predicted molar refractivity (Wildman–Crippen MR) is 138 cm³/mol. The van der Waals surface area contributed by atoms with E-state index in [2.05, 4.69) is 0 Å². The van der Waals surface area contributed by atoms with E-state index in [9.17, 15) is 45.3 Å². The average molecular weight is 539 g/mol. The van der Waals surface area contributed by atoms with Crippen LogP contribution in [-0.2, 0) is 9.59 Å². The molecule has 0 radical (unpaired) electrons. The Hall–Kier alpha value is -1.36. The summed E-state index contributed by atoms with van der Waals surface area (Å²) < 4.78 is 0. The Kier molecular flexibility index (Phi) is 7.07. The van der Waals surface area contributed by atoms with Crippen LogP contribution < -0.4 is 0 Å². The Balaban J connectivity index is 1.68. The van der Waals surface area contributed by atoms with Crippen molar-refractivity contribution in [2.24, 2.45) is 28.6 Å². The fourth-order valence-corrected chi connectivity index (χ4v) is 8.96. The Morgan fingerprint density at radius 3 is 2.32 bits per heavy atom. The van der Waals surface area contributed by atoms with Gasteiger partial charge in [0.05, 0.1) is 35.4 Å². The molecule has 0 amide bonds. The fourth-order valence-electron chi connectivity index (χ4n) is 8.96. The number of carbonyl (C=O) groups excluding carboxylic acids is 1. The van der Waals surface area contributed by atoms with E-state index in [4.69, 9.17) is 0 Å². The highest BCUT2D eigenvalue weighted by Gasteiger charge is 2.70. The third-order valence-corrected chi connectivity index (χ3v) is 11.2. The Morgan fingerprint density at radius 2 is 1.74 bits per heavy atom. The lowest BCUT2D eigenvalue weighted by Crippen LogP contribution is -2.64. The lowest BCUT2D eigenvalue weighted by molar-refractivity contribution is -0.195. The number of hydrogen-bond acceptors (Lipinski definition) is 8. The van der Waals surface area contributed by atoms with Crippen LogP contribution in [0, 0.1) is 28.6 Å². The normalized spacial score (nSPS) is 45.3. The quantitative estimate of drug-likeness (QED) is 0.254. The molecule has 7 N–H and O–H groups in total. The number of carboxylic acid groups (broad SMARTS) is 1. The summed E-state index contributed by atoms with van der Waals surface area (Å²) in [5.41, 5.74) is -6.98. The maximum absolute atomic E-state index is 13.5. The smallest absolute Gasteiger partial charge is 0.306 e. The summed E-state index contributed by atoms with van der Waals surface area (Å²) in [5.74, 6) is -2.85. The number of carbonyl (C=O) groups is 2. The van der Waals surface area contributed by atoms with Gasteiger partial charge in [-0.3, -0.25) is 9.59 Å². The van der Waals surface area contributed by atoms with E-state index in [-0.39, 0.29) is 31.0 Å². The van der Waals surface area contributed by atoms with Crippen LogP contribution in [0.4, 0.5) is 0 Å². The van der Waals surface area contributed by atoms with Gasteiger partial charge in [0.15, 0.2) is 5.78 Å². The third kappa shape index (κ3) is 4.38. The molecule has 0 aromatic carbocycles. The van der Waals surface area contributed by atoms with Crippen molar-refractivity contribution in [3.8, 4) is 0 Å². The molecule has 9 nitrogen and oxygen atoms in total. The van der Waals surface area contributed by atoms with Crippen molar-refractivity contribution < 1.29 is 45.3 Å². The molecule has 9 heteroatoms. The van der Waals surface area contributed by atoms with Gasteiger partial charge in [-0.05, 0) is 101 Å². The van der Waals surface area contributed by atoms with E-state index in [1.54, 1.807) is 20.8 Å². The lowest BCUT2D eigenvalue weighted by Gasteiger charge is -2.62. The molecule has 3 fully saturated rings. The van der Waals surface area contributed by atoms with Crippen molar-refractivity contribution >= 4 is 11.8 Å². The van der Waals surface area contributed by atoms with Crippen LogP contribution in [0.2, 0.25) is 0 Å². The second-order valence-electron chi connectivity index (χ2n) is 14.2. The van der Waals surface area contributed by atoms with Gasteiger partial charge in [0.1, 0.15) is 5.60 Å². The topological polar surface area (TPSA) is 176 Å². The molecule has 38 heavy (non-hydrogen) atoms. The zero-order valence-electron chi connectivity index (χ0n) is 23.3. The summed E-state index contributed by atoms with van der Waals surface area (Å²) >= 11 is 0. The minimum Gasteiger partial charge on any atom is -0.481 e. The zero-order chi connectivity index (χ0) is 28.7. The number of carboxylic acids is 1. The summed E-state index contributed by atoms with van der Waals surface area (Å²) in [7, 11) is 0. The lowest BCUT2D eigenvalue weighted by atomic mass is 9.44. The molecule has 0 heterocycles. The van der Waals surface area contributed by atoms with Crippen molar-refractivity contribution in [2.45, 2.75) is 127 Å². The van der Waals surface area contributed by atoms with Gasteiger partial charge >= 0.3 is 5.97 Å². The molecule has 0 aromatic heterocycles. The van der Waals surface area contributed by atoms with E-state index in [1.807, 2.05) is 13.8 Å². The first-order chi connectivity index (χ1) is 17.2. The van der Waals surface area contributed by atoms with Gasteiger partial charge < -0.3 is 35.7 Å². The second kappa shape index (κ2) is 9.08. The number of aliphatic carboxylic acids is 1. The maximum atomic E-state index is 13.5. The highest BCUT2D eigenvalue weighted by Crippen LogP contribution is 2.69. The van der Waals surface area contributed by atoms with Crippen molar-refractivity contribution in [1.82, 2.24) is 0 Å². The monoisotopic (exact) mass is 538 g/mol. The second-order valence-corrected chi connectivity index (χ2v) is 14.2. The summed E-state index contributed by atoms with van der Waals surface area (Å²) in [6.07, 6.45) is 0.554. The largest absolute Gasteiger partial charge is 0.481 e. The van der Waals surface area contributed by atoms with E-state index < -0.39 is 69.7 Å². The van der Waals surface area contributed by atoms with E-state index in [1.165, 1.54) is 6.08 Å². The maximum Gasteiger partial charge on any atom is 0.306 e. The first-order valence-corrected chi connectivity index (χ1v) is 13.9. The molecule has 4 rings (SSSR count). The molecule has 0 aliphatic heterocycles. The van der Waals surface area contributed by atoms with Crippen LogP contribution in [0.5, 0.6) is 0 Å². The standard InChI is InChI=1S/C29H46O9/c1-24(2,35)9-8-21(31)27(5,36)20-7-11-29(38)17-12-19(30)18-13-22(32)28(37,14-23(33)34)15-25(18,3)16(17)6-10-26(20,29)4/h12,16,18,20-22,31-32,35-38H,6-11,13-15H2,1-5H3,(H,33,34)/t16-,18+,20-,21+,22+,25+,26+,27+,28-,29+/m0/s1. The van der Waals surface area contributed by atoms with Crippen molar-refractivity contribution in [1.29, 1.82) is 0 Å². The van der Waals surface area contributed by atoms with Crippen LogP contribution in [-0.4, -0.2) is 82.1 Å². The SMILES string of the molecule is CC(C)(O)CC[C@@H](O)[C@](C)(O)[C@H]1CC[C@@]2(O)C3=CC(=O)[C@H]4C[C@@H](O)[C@](O)(CC(=O)O)C[C@]4(C)[C@H]3CC[C@]12C. The van der Waals surface area contributed by atoms with E-state index in [0.29, 0.717) is 37.7 Å². The van der Waals surface area contributed by atoms with Gasteiger partial charge in [0.2, 0.25) is 0 Å². The van der Waals surface area contributed by atoms with Gasteiger partial charge in [-0.25, -0.2) is 0 Å². The van der Waals surface area contributed by atoms with Crippen LogP contribution in [0.15, 0.2) is 11.6 Å². The van der Waals surface area contributed by atoms with Gasteiger partial charge in [-0.1, -0.05) is 13.8 Å². The van der Waals surface area contributed by atoms with Crippen molar-refractivity contribution in [3.63, 3.8) is 0 Å². The highest BCUT2D eigenvalue weighted by molar-refractivity contribution is 5.95. The fraction of sp³-hybridized carbons (Fsp3) is 0.862. The van der Waals surface area contributed by atoms with Crippen molar-refractivity contribution in [3.05, 3.63) is 11.6 Å². The van der Waals surface area contributed by atoms with Crippen LogP contribution in [0.3, 0.4) is 0 Å². The minimum atomic E-state index is -1.88. The van der Waals surface area contributed by atoms with Gasteiger partial charge in [-0.15, -0.1) is 0 Å². The number of aliphatic hydroxyl groups is 6. The summed E-state index contributed by atoms with van der Waals surface area (Å²) in [4.78, 5) is 25.0.